The van der Waals surface area contributed by atoms with Crippen molar-refractivity contribution in [3.8, 4) is 0 Å². The fraction of sp³-hybridized carbons (Fsp3) is 0.409. The first-order valence-corrected chi connectivity index (χ1v) is 10.2. The quantitative estimate of drug-likeness (QED) is 0.677. The fourth-order valence-electron chi connectivity index (χ4n) is 3.28. The molecule has 0 spiro atoms. The summed E-state index contributed by atoms with van der Waals surface area (Å²) in [5.74, 6) is -1.59. The van der Waals surface area contributed by atoms with Gasteiger partial charge in [0.2, 0.25) is 0 Å². The number of hydrogen-bond acceptors (Lipinski definition) is 6. The van der Waals surface area contributed by atoms with Gasteiger partial charge in [0.25, 0.3) is 11.8 Å². The molecule has 1 saturated heterocycles. The van der Waals surface area contributed by atoms with Gasteiger partial charge < -0.3 is 24.7 Å². The van der Waals surface area contributed by atoms with Crippen LogP contribution in [0.2, 0.25) is 0 Å². The number of benzene rings is 1. The van der Waals surface area contributed by atoms with Gasteiger partial charge in [-0.15, -0.1) is 0 Å². The van der Waals surface area contributed by atoms with Crippen molar-refractivity contribution in [2.24, 2.45) is 0 Å². The zero-order chi connectivity index (χ0) is 21.3. The molecule has 2 heterocycles. The first kappa shape index (κ1) is 21.4. The summed E-state index contributed by atoms with van der Waals surface area (Å²) in [5.41, 5.74) is 1.77. The van der Waals surface area contributed by atoms with Gasteiger partial charge in [0.1, 0.15) is 6.04 Å². The Balaban J connectivity index is 1.42. The van der Waals surface area contributed by atoms with Crippen LogP contribution in [0.3, 0.4) is 0 Å². The van der Waals surface area contributed by atoms with Crippen molar-refractivity contribution in [2.75, 3.05) is 29.9 Å². The summed E-state index contributed by atoms with van der Waals surface area (Å²) in [7, 11) is 0. The number of nitrogens with one attached hydrogen (secondary N) is 2. The molecule has 0 saturated carbocycles. The SMILES string of the molecule is C[C@H](NC(=O)c1ccco1)C(=O)OCC(=O)Nc1ccc(N2CCCCCC2)cc1. The minimum Gasteiger partial charge on any atom is -0.459 e. The van der Waals surface area contributed by atoms with Crippen LogP contribution in [0.1, 0.15) is 43.2 Å². The molecule has 1 aromatic heterocycles. The third kappa shape index (κ3) is 6.10. The number of carbonyl (C=O) groups is 3. The Kier molecular flexibility index (Phi) is 7.48. The van der Waals surface area contributed by atoms with Gasteiger partial charge in [0.15, 0.2) is 12.4 Å². The monoisotopic (exact) mass is 413 g/mol. The third-order valence-corrected chi connectivity index (χ3v) is 4.91. The van der Waals surface area contributed by atoms with E-state index in [2.05, 4.69) is 15.5 Å². The molecule has 160 valence electrons. The number of ether oxygens (including phenoxy) is 1. The highest BCUT2D eigenvalue weighted by molar-refractivity contribution is 5.95. The van der Waals surface area contributed by atoms with Crippen molar-refractivity contribution < 1.29 is 23.5 Å². The average molecular weight is 413 g/mol. The lowest BCUT2D eigenvalue weighted by atomic mass is 10.2. The second-order valence-electron chi connectivity index (χ2n) is 7.28. The summed E-state index contributed by atoms with van der Waals surface area (Å²) in [6, 6.07) is 9.79. The van der Waals surface area contributed by atoms with Gasteiger partial charge in [-0.05, 0) is 56.2 Å². The zero-order valence-electron chi connectivity index (χ0n) is 17.1. The van der Waals surface area contributed by atoms with Gasteiger partial charge in [0.05, 0.1) is 6.26 Å². The first-order chi connectivity index (χ1) is 14.5. The molecule has 0 aliphatic carbocycles. The number of amides is 2. The van der Waals surface area contributed by atoms with E-state index in [1.54, 1.807) is 6.07 Å². The van der Waals surface area contributed by atoms with Crippen molar-refractivity contribution in [1.29, 1.82) is 0 Å². The predicted octanol–water partition coefficient (Wildman–Crippen LogP) is 2.96. The Hall–Kier alpha value is -3.29. The Labute approximate surface area is 175 Å². The van der Waals surface area contributed by atoms with Crippen molar-refractivity contribution in [2.45, 2.75) is 38.6 Å². The molecule has 1 atom stereocenters. The van der Waals surface area contributed by atoms with E-state index in [1.807, 2.05) is 24.3 Å². The molecule has 8 heteroatoms. The normalized spacial score (nSPS) is 15.0. The molecule has 2 aromatic rings. The van der Waals surface area contributed by atoms with Crippen molar-refractivity contribution >= 4 is 29.2 Å². The van der Waals surface area contributed by atoms with Crippen LogP contribution in [0, 0.1) is 0 Å². The van der Waals surface area contributed by atoms with Crippen LogP contribution in [0.4, 0.5) is 11.4 Å². The minimum atomic E-state index is -0.914. The van der Waals surface area contributed by atoms with Crippen molar-refractivity contribution in [1.82, 2.24) is 5.32 Å². The van der Waals surface area contributed by atoms with E-state index in [9.17, 15) is 14.4 Å². The summed E-state index contributed by atoms with van der Waals surface area (Å²) in [6.45, 7) is 3.14. The molecule has 0 unspecified atom stereocenters. The summed E-state index contributed by atoms with van der Waals surface area (Å²) in [6.07, 6.45) is 6.31. The van der Waals surface area contributed by atoms with Gasteiger partial charge in [-0.2, -0.15) is 0 Å². The van der Waals surface area contributed by atoms with E-state index in [1.165, 1.54) is 44.9 Å². The van der Waals surface area contributed by atoms with Crippen LogP contribution in [0.15, 0.2) is 47.1 Å². The van der Waals surface area contributed by atoms with Gasteiger partial charge >= 0.3 is 5.97 Å². The van der Waals surface area contributed by atoms with E-state index in [4.69, 9.17) is 9.15 Å². The molecule has 2 amide bonds. The maximum absolute atomic E-state index is 12.1. The van der Waals surface area contributed by atoms with Crippen LogP contribution < -0.4 is 15.5 Å². The first-order valence-electron chi connectivity index (χ1n) is 10.2. The highest BCUT2D eigenvalue weighted by Gasteiger charge is 2.20. The summed E-state index contributed by atoms with van der Waals surface area (Å²) >= 11 is 0. The molecule has 1 aliphatic rings. The van der Waals surface area contributed by atoms with Gasteiger partial charge in [0, 0.05) is 24.5 Å². The molecular formula is C22H27N3O5. The van der Waals surface area contributed by atoms with Crippen LogP contribution in [-0.2, 0) is 14.3 Å². The fourth-order valence-corrected chi connectivity index (χ4v) is 3.28. The summed E-state index contributed by atoms with van der Waals surface area (Å²) in [4.78, 5) is 38.3. The molecule has 30 heavy (non-hydrogen) atoms. The lowest BCUT2D eigenvalue weighted by Crippen LogP contribution is -2.40. The number of furan rings is 1. The maximum Gasteiger partial charge on any atom is 0.328 e. The van der Waals surface area contributed by atoms with E-state index in [0.717, 1.165) is 18.8 Å². The van der Waals surface area contributed by atoms with Crippen LogP contribution in [0.5, 0.6) is 0 Å². The van der Waals surface area contributed by atoms with Crippen molar-refractivity contribution in [3.63, 3.8) is 0 Å². The van der Waals surface area contributed by atoms with Crippen LogP contribution in [0.25, 0.3) is 0 Å². The largest absolute Gasteiger partial charge is 0.459 e. The number of anilines is 2. The highest BCUT2D eigenvalue weighted by atomic mass is 16.5. The molecule has 8 nitrogen and oxygen atoms in total. The van der Waals surface area contributed by atoms with E-state index >= 15 is 0 Å². The maximum atomic E-state index is 12.1. The van der Waals surface area contributed by atoms with Crippen LogP contribution >= 0.6 is 0 Å². The summed E-state index contributed by atoms with van der Waals surface area (Å²) < 4.78 is 9.95. The third-order valence-electron chi connectivity index (χ3n) is 4.91. The number of carbonyl (C=O) groups excluding carboxylic acids is 3. The van der Waals surface area contributed by atoms with Gasteiger partial charge in [-0.3, -0.25) is 9.59 Å². The lowest BCUT2D eigenvalue weighted by molar-refractivity contribution is -0.148. The Morgan fingerprint density at radius 2 is 1.77 bits per heavy atom. The topological polar surface area (TPSA) is 101 Å². The van der Waals surface area contributed by atoms with Gasteiger partial charge in [-0.1, -0.05) is 12.8 Å². The highest BCUT2D eigenvalue weighted by Crippen LogP contribution is 2.21. The molecule has 1 aromatic carbocycles. The minimum absolute atomic E-state index is 0.0935. The Morgan fingerprint density at radius 3 is 2.40 bits per heavy atom. The second-order valence-corrected chi connectivity index (χ2v) is 7.28. The number of esters is 1. The van der Waals surface area contributed by atoms with Crippen LogP contribution in [-0.4, -0.2) is 43.5 Å². The van der Waals surface area contributed by atoms with E-state index in [0.29, 0.717) is 5.69 Å². The smallest absolute Gasteiger partial charge is 0.328 e. The second kappa shape index (κ2) is 10.5. The number of nitrogens with zero attached hydrogens (tertiary/aromatic N) is 1. The van der Waals surface area contributed by atoms with E-state index in [-0.39, 0.29) is 5.76 Å². The van der Waals surface area contributed by atoms with Gasteiger partial charge in [-0.25, -0.2) is 4.79 Å². The molecule has 1 aliphatic heterocycles. The molecule has 0 bridgehead atoms. The standard InChI is InChI=1S/C22H27N3O5/c1-16(23-21(27)19-7-6-14-29-19)22(28)30-15-20(26)24-17-8-10-18(11-9-17)25-12-4-2-3-5-13-25/h6-11,14,16H,2-5,12-13,15H2,1H3,(H,23,27)(H,24,26)/t16-/m0/s1. The lowest BCUT2D eigenvalue weighted by Gasteiger charge is -2.22. The Bertz CT molecular complexity index is 840. The molecule has 2 N–H and O–H groups in total. The molecule has 3 rings (SSSR count). The Morgan fingerprint density at radius 1 is 1.07 bits per heavy atom. The number of rotatable bonds is 7. The van der Waals surface area contributed by atoms with E-state index < -0.39 is 30.4 Å². The number of hydrogen-bond donors (Lipinski definition) is 2. The molecule has 1 fully saturated rings. The molecular weight excluding hydrogens is 386 g/mol. The zero-order valence-corrected chi connectivity index (χ0v) is 17.1. The van der Waals surface area contributed by atoms with Crippen molar-refractivity contribution in [3.05, 3.63) is 48.4 Å². The predicted molar refractivity (Wildman–Crippen MR) is 112 cm³/mol. The molecule has 0 radical (unpaired) electrons. The average Bonchev–Trinajstić information content (AvgIpc) is 3.15. The summed E-state index contributed by atoms with van der Waals surface area (Å²) in [5, 5.41) is 5.16.